The molecule has 2 aliphatic carbocycles. The van der Waals surface area contributed by atoms with Crippen LogP contribution in [-0.4, -0.2) is 36.0 Å². The topological polar surface area (TPSA) is 32.3 Å². The van der Waals surface area contributed by atoms with E-state index in [1.165, 1.54) is 38.5 Å². The molecule has 0 spiro atoms. The van der Waals surface area contributed by atoms with Gasteiger partial charge < -0.3 is 10.2 Å². The molecule has 2 fully saturated rings. The second-order valence-corrected chi connectivity index (χ2v) is 6.36. The second-order valence-electron chi connectivity index (χ2n) is 6.36. The molecular formula is C16H30N2O. The summed E-state index contributed by atoms with van der Waals surface area (Å²) in [6, 6.07) is 0.539. The molecule has 2 saturated carbocycles. The minimum absolute atomic E-state index is 0.0251. The summed E-state index contributed by atoms with van der Waals surface area (Å²) in [5.41, 5.74) is 0. The number of hydrogen-bond acceptors (Lipinski definition) is 2. The molecule has 0 aliphatic heterocycles. The molecule has 0 aromatic rings. The molecule has 0 aromatic carbocycles. The SMILES string of the molecule is CCN(CC)C(=O)C(C)NC1CCCC(C2CC2)C1. The van der Waals surface area contributed by atoms with Crippen LogP contribution < -0.4 is 5.32 Å². The first-order valence-corrected chi connectivity index (χ1v) is 8.20. The highest BCUT2D eigenvalue weighted by molar-refractivity contribution is 5.81. The normalized spacial score (nSPS) is 29.0. The van der Waals surface area contributed by atoms with Gasteiger partial charge in [-0.05, 0) is 58.3 Å². The zero-order valence-electron chi connectivity index (χ0n) is 12.8. The summed E-state index contributed by atoms with van der Waals surface area (Å²) < 4.78 is 0. The minimum Gasteiger partial charge on any atom is -0.342 e. The summed E-state index contributed by atoms with van der Waals surface area (Å²) >= 11 is 0. The first-order valence-electron chi connectivity index (χ1n) is 8.20. The number of carbonyl (C=O) groups is 1. The Hall–Kier alpha value is -0.570. The Morgan fingerprint density at radius 2 is 1.84 bits per heavy atom. The molecule has 1 N–H and O–H groups in total. The molecule has 2 aliphatic rings. The van der Waals surface area contributed by atoms with Crippen LogP contribution in [0.1, 0.15) is 59.3 Å². The van der Waals surface area contributed by atoms with Crippen LogP contribution in [0.2, 0.25) is 0 Å². The van der Waals surface area contributed by atoms with Crippen molar-refractivity contribution in [1.82, 2.24) is 10.2 Å². The Kier molecular flexibility index (Phi) is 5.26. The van der Waals surface area contributed by atoms with E-state index < -0.39 is 0 Å². The van der Waals surface area contributed by atoms with Crippen molar-refractivity contribution in [2.24, 2.45) is 11.8 Å². The van der Waals surface area contributed by atoms with Gasteiger partial charge in [-0.3, -0.25) is 4.79 Å². The smallest absolute Gasteiger partial charge is 0.239 e. The number of rotatable bonds is 6. The maximum Gasteiger partial charge on any atom is 0.239 e. The maximum atomic E-state index is 12.3. The van der Waals surface area contributed by atoms with E-state index in [9.17, 15) is 4.79 Å². The predicted octanol–water partition coefficient (Wildman–Crippen LogP) is 2.80. The molecule has 0 heterocycles. The summed E-state index contributed by atoms with van der Waals surface area (Å²) in [6.07, 6.45) is 8.20. The van der Waals surface area contributed by atoms with E-state index in [0.717, 1.165) is 24.9 Å². The van der Waals surface area contributed by atoms with Crippen molar-refractivity contribution >= 4 is 5.91 Å². The fourth-order valence-corrected chi connectivity index (χ4v) is 3.61. The van der Waals surface area contributed by atoms with E-state index in [4.69, 9.17) is 0 Å². The maximum absolute atomic E-state index is 12.3. The molecule has 110 valence electrons. The molecule has 3 nitrogen and oxygen atoms in total. The fourth-order valence-electron chi connectivity index (χ4n) is 3.61. The van der Waals surface area contributed by atoms with Crippen molar-refractivity contribution in [3.05, 3.63) is 0 Å². The second kappa shape index (κ2) is 6.74. The van der Waals surface area contributed by atoms with Gasteiger partial charge in [-0.2, -0.15) is 0 Å². The molecule has 3 heteroatoms. The van der Waals surface area contributed by atoms with Crippen molar-refractivity contribution in [2.45, 2.75) is 71.4 Å². The molecule has 2 rings (SSSR count). The van der Waals surface area contributed by atoms with Crippen LogP contribution in [-0.2, 0) is 4.79 Å². The molecule has 0 aromatic heterocycles. The van der Waals surface area contributed by atoms with Crippen LogP contribution in [0.3, 0.4) is 0 Å². The number of amides is 1. The van der Waals surface area contributed by atoms with Gasteiger partial charge in [0, 0.05) is 19.1 Å². The van der Waals surface area contributed by atoms with Gasteiger partial charge in [0.15, 0.2) is 0 Å². The third-order valence-electron chi connectivity index (χ3n) is 4.93. The van der Waals surface area contributed by atoms with Crippen molar-refractivity contribution in [3.8, 4) is 0 Å². The van der Waals surface area contributed by atoms with E-state index >= 15 is 0 Å². The standard InChI is InChI=1S/C16H30N2O/c1-4-18(5-2)16(19)12(3)17-15-8-6-7-14(11-15)13-9-10-13/h12-15,17H,4-11H2,1-3H3. The van der Waals surface area contributed by atoms with Crippen molar-refractivity contribution in [1.29, 1.82) is 0 Å². The average molecular weight is 266 g/mol. The Balaban J connectivity index is 1.80. The quantitative estimate of drug-likeness (QED) is 0.802. The molecule has 3 unspecified atom stereocenters. The number of nitrogens with one attached hydrogen (secondary N) is 1. The summed E-state index contributed by atoms with van der Waals surface area (Å²) in [6.45, 7) is 7.77. The van der Waals surface area contributed by atoms with Crippen molar-refractivity contribution in [2.75, 3.05) is 13.1 Å². The van der Waals surface area contributed by atoms with E-state index in [2.05, 4.69) is 19.2 Å². The number of likely N-dealkylation sites (N-methyl/N-ethyl adjacent to an activating group) is 1. The molecule has 0 radical (unpaired) electrons. The lowest BCUT2D eigenvalue weighted by Gasteiger charge is -2.33. The lowest BCUT2D eigenvalue weighted by Crippen LogP contribution is -2.49. The van der Waals surface area contributed by atoms with Gasteiger partial charge in [0.05, 0.1) is 6.04 Å². The van der Waals surface area contributed by atoms with Gasteiger partial charge in [0.25, 0.3) is 0 Å². The first kappa shape index (κ1) is 14.8. The molecule has 1 amide bonds. The van der Waals surface area contributed by atoms with E-state index in [1.54, 1.807) is 0 Å². The Labute approximate surface area is 118 Å². The highest BCUT2D eigenvalue weighted by atomic mass is 16.2. The summed E-state index contributed by atoms with van der Waals surface area (Å²) in [4.78, 5) is 14.2. The highest BCUT2D eigenvalue weighted by Crippen LogP contribution is 2.43. The molecule has 19 heavy (non-hydrogen) atoms. The van der Waals surface area contributed by atoms with E-state index in [0.29, 0.717) is 6.04 Å². The fraction of sp³-hybridized carbons (Fsp3) is 0.938. The zero-order chi connectivity index (χ0) is 13.8. The van der Waals surface area contributed by atoms with Crippen molar-refractivity contribution < 1.29 is 4.79 Å². The number of hydrogen-bond donors (Lipinski definition) is 1. The van der Waals surface area contributed by atoms with Gasteiger partial charge in [-0.25, -0.2) is 0 Å². The van der Waals surface area contributed by atoms with Crippen LogP contribution in [0.25, 0.3) is 0 Å². The summed E-state index contributed by atoms with van der Waals surface area (Å²) in [5, 5.41) is 3.59. The Morgan fingerprint density at radius 3 is 2.42 bits per heavy atom. The van der Waals surface area contributed by atoms with E-state index in [1.807, 2.05) is 11.8 Å². The van der Waals surface area contributed by atoms with Gasteiger partial charge in [-0.15, -0.1) is 0 Å². The summed E-state index contributed by atoms with van der Waals surface area (Å²) in [5.74, 6) is 2.21. The molecule has 0 bridgehead atoms. The minimum atomic E-state index is -0.0251. The van der Waals surface area contributed by atoms with E-state index in [-0.39, 0.29) is 11.9 Å². The van der Waals surface area contributed by atoms with Gasteiger partial charge in [-0.1, -0.05) is 12.8 Å². The lowest BCUT2D eigenvalue weighted by atomic mass is 9.82. The predicted molar refractivity (Wildman–Crippen MR) is 79.0 cm³/mol. The average Bonchev–Trinajstić information content (AvgIpc) is 3.24. The van der Waals surface area contributed by atoms with Crippen molar-refractivity contribution in [3.63, 3.8) is 0 Å². The Morgan fingerprint density at radius 1 is 1.16 bits per heavy atom. The van der Waals surface area contributed by atoms with Crippen LogP contribution in [0.4, 0.5) is 0 Å². The molecular weight excluding hydrogens is 236 g/mol. The lowest BCUT2D eigenvalue weighted by molar-refractivity contribution is -0.132. The summed E-state index contributed by atoms with van der Waals surface area (Å²) in [7, 11) is 0. The first-order chi connectivity index (χ1) is 9.15. The number of nitrogens with zero attached hydrogens (tertiary/aromatic N) is 1. The Bertz CT molecular complexity index is 297. The monoisotopic (exact) mass is 266 g/mol. The molecule has 3 atom stereocenters. The van der Waals surface area contributed by atoms with Gasteiger partial charge >= 0.3 is 0 Å². The van der Waals surface area contributed by atoms with Crippen LogP contribution in [0.5, 0.6) is 0 Å². The van der Waals surface area contributed by atoms with Crippen LogP contribution >= 0.6 is 0 Å². The largest absolute Gasteiger partial charge is 0.342 e. The highest BCUT2D eigenvalue weighted by Gasteiger charge is 2.35. The van der Waals surface area contributed by atoms with Crippen LogP contribution in [0, 0.1) is 11.8 Å². The third-order valence-corrected chi connectivity index (χ3v) is 4.93. The molecule has 0 saturated heterocycles. The zero-order valence-corrected chi connectivity index (χ0v) is 12.8. The van der Waals surface area contributed by atoms with Gasteiger partial charge in [0.1, 0.15) is 0 Å². The van der Waals surface area contributed by atoms with Crippen LogP contribution in [0.15, 0.2) is 0 Å². The number of carbonyl (C=O) groups excluding carboxylic acids is 1. The van der Waals surface area contributed by atoms with Gasteiger partial charge in [0.2, 0.25) is 5.91 Å². The third kappa shape index (κ3) is 3.95.